The van der Waals surface area contributed by atoms with E-state index in [0.717, 1.165) is 36.4 Å². The number of nitrogen functional groups attached to an aromatic ring is 1. The third kappa shape index (κ3) is 4.26. The van der Waals surface area contributed by atoms with Gasteiger partial charge in [0.2, 0.25) is 0 Å². The first-order chi connectivity index (χ1) is 15.7. The number of pyridine rings is 1. The van der Waals surface area contributed by atoms with E-state index in [2.05, 4.69) is 53.3 Å². The highest BCUT2D eigenvalue weighted by Gasteiger charge is 2.60. The van der Waals surface area contributed by atoms with Gasteiger partial charge in [-0.05, 0) is 76.0 Å². The molecule has 2 atom stereocenters. The van der Waals surface area contributed by atoms with Gasteiger partial charge in [0.25, 0.3) is 5.91 Å². The highest BCUT2D eigenvalue weighted by molar-refractivity contribution is 5.99. The van der Waals surface area contributed by atoms with Crippen LogP contribution in [0.15, 0.2) is 36.5 Å². The van der Waals surface area contributed by atoms with Crippen LogP contribution in [0.3, 0.4) is 0 Å². The number of carbonyl (C=O) groups is 1. The summed E-state index contributed by atoms with van der Waals surface area (Å²) in [5, 5.41) is 13.2. The summed E-state index contributed by atoms with van der Waals surface area (Å²) in [6, 6.07) is 11.3. The third-order valence-electron chi connectivity index (χ3n) is 8.26. The molecule has 2 aromatic rings. The number of anilines is 1. The summed E-state index contributed by atoms with van der Waals surface area (Å²) in [5.74, 6) is 0.835. The van der Waals surface area contributed by atoms with Gasteiger partial charge in [0.05, 0.1) is 11.2 Å². The highest BCUT2D eigenvalue weighted by Crippen LogP contribution is 2.59. The van der Waals surface area contributed by atoms with Crippen molar-refractivity contribution < 1.29 is 9.90 Å². The number of rotatable bonds is 5. The van der Waals surface area contributed by atoms with Crippen LogP contribution in [0.1, 0.15) is 68.8 Å². The molecule has 3 aliphatic rings. The molecule has 1 aromatic heterocycles. The summed E-state index contributed by atoms with van der Waals surface area (Å²) in [6.07, 6.45) is 5.95. The number of benzene rings is 1. The van der Waals surface area contributed by atoms with Crippen LogP contribution in [0.5, 0.6) is 0 Å². The summed E-state index contributed by atoms with van der Waals surface area (Å²) in [4.78, 5) is 19.8. The van der Waals surface area contributed by atoms with E-state index in [1.54, 1.807) is 6.20 Å². The standard InChI is InChI=1S/C27H36N4O2/c1-17(2)31-15-21-13-27(21,16-31)20-6-4-18(5-7-20)19-12-23(24(28)29-14-19)25(32)30-22-8-10-26(3,33)11-9-22/h4-7,12,14,17,21-22,33H,8-11,13,15-16H2,1-3H3,(H2,28,29)(H,30,32). The van der Waals surface area contributed by atoms with E-state index in [1.165, 1.54) is 18.5 Å². The van der Waals surface area contributed by atoms with Crippen molar-refractivity contribution in [2.24, 2.45) is 5.92 Å². The Morgan fingerprint density at radius 1 is 1.21 bits per heavy atom. The second-order valence-corrected chi connectivity index (χ2v) is 11.1. The van der Waals surface area contributed by atoms with Crippen LogP contribution < -0.4 is 11.1 Å². The monoisotopic (exact) mass is 448 g/mol. The number of hydrogen-bond donors (Lipinski definition) is 3. The lowest BCUT2D eigenvalue weighted by Crippen LogP contribution is -2.42. The Morgan fingerprint density at radius 3 is 2.55 bits per heavy atom. The van der Waals surface area contributed by atoms with Gasteiger partial charge >= 0.3 is 0 Å². The molecule has 2 saturated carbocycles. The van der Waals surface area contributed by atoms with E-state index in [0.29, 0.717) is 29.9 Å². The molecule has 4 N–H and O–H groups in total. The number of nitrogens with one attached hydrogen (secondary N) is 1. The lowest BCUT2D eigenvalue weighted by atomic mass is 9.83. The molecule has 5 rings (SSSR count). The number of carbonyl (C=O) groups excluding carboxylic acids is 1. The van der Waals surface area contributed by atoms with Gasteiger partial charge in [-0.25, -0.2) is 4.98 Å². The molecule has 2 aliphatic carbocycles. The molecule has 1 aliphatic heterocycles. The average Bonchev–Trinajstić information content (AvgIpc) is 3.36. The second kappa shape index (κ2) is 8.10. The molecule has 0 spiro atoms. The maximum Gasteiger partial charge on any atom is 0.255 e. The Balaban J connectivity index is 1.30. The van der Waals surface area contributed by atoms with Crippen LogP contribution in [0.25, 0.3) is 11.1 Å². The zero-order valence-corrected chi connectivity index (χ0v) is 20.0. The van der Waals surface area contributed by atoms with E-state index >= 15 is 0 Å². The Morgan fingerprint density at radius 2 is 1.91 bits per heavy atom. The van der Waals surface area contributed by atoms with Crippen LogP contribution in [0.2, 0.25) is 0 Å². The highest BCUT2D eigenvalue weighted by atomic mass is 16.3. The van der Waals surface area contributed by atoms with Crippen molar-refractivity contribution in [2.45, 2.75) is 76.0 Å². The zero-order chi connectivity index (χ0) is 23.4. The zero-order valence-electron chi connectivity index (χ0n) is 20.0. The lowest BCUT2D eigenvalue weighted by molar-refractivity contribution is 0.0140. The van der Waals surface area contributed by atoms with Gasteiger partial charge < -0.3 is 16.2 Å². The normalized spacial score (nSPS) is 31.4. The predicted octanol–water partition coefficient (Wildman–Crippen LogP) is 3.74. The maximum atomic E-state index is 12.9. The number of nitrogens with zero attached hydrogens (tertiary/aromatic N) is 2. The molecule has 1 saturated heterocycles. The van der Waals surface area contributed by atoms with Crippen molar-refractivity contribution in [3.63, 3.8) is 0 Å². The molecule has 0 radical (unpaired) electrons. The lowest BCUT2D eigenvalue weighted by Gasteiger charge is -2.33. The van der Waals surface area contributed by atoms with Crippen molar-refractivity contribution in [1.82, 2.24) is 15.2 Å². The fraction of sp³-hybridized carbons (Fsp3) is 0.556. The summed E-state index contributed by atoms with van der Waals surface area (Å²) >= 11 is 0. The Labute approximate surface area is 196 Å². The summed E-state index contributed by atoms with van der Waals surface area (Å²) in [5.41, 5.74) is 9.55. The number of piperidine rings is 1. The predicted molar refractivity (Wildman–Crippen MR) is 131 cm³/mol. The number of aliphatic hydroxyl groups is 1. The minimum Gasteiger partial charge on any atom is -0.390 e. The first kappa shape index (κ1) is 22.4. The number of amides is 1. The van der Waals surface area contributed by atoms with E-state index in [9.17, 15) is 9.90 Å². The molecule has 1 amide bonds. The van der Waals surface area contributed by atoms with Crippen molar-refractivity contribution in [2.75, 3.05) is 18.8 Å². The number of fused-ring (bicyclic) bond motifs is 1. The minimum absolute atomic E-state index is 0.0580. The maximum absolute atomic E-state index is 12.9. The molecule has 176 valence electrons. The van der Waals surface area contributed by atoms with Crippen molar-refractivity contribution in [3.05, 3.63) is 47.7 Å². The van der Waals surface area contributed by atoms with E-state index in [-0.39, 0.29) is 17.8 Å². The smallest absolute Gasteiger partial charge is 0.255 e. The number of hydrogen-bond acceptors (Lipinski definition) is 5. The summed E-state index contributed by atoms with van der Waals surface area (Å²) in [6.45, 7) is 8.78. The number of nitrogens with two attached hydrogens (primary N) is 1. The number of aromatic nitrogens is 1. The van der Waals surface area contributed by atoms with E-state index in [1.807, 2.05) is 13.0 Å². The molecular formula is C27H36N4O2. The molecular weight excluding hydrogens is 412 g/mol. The minimum atomic E-state index is -0.625. The van der Waals surface area contributed by atoms with Gasteiger partial charge in [-0.1, -0.05) is 24.3 Å². The van der Waals surface area contributed by atoms with Crippen molar-refractivity contribution in [3.8, 4) is 11.1 Å². The van der Waals surface area contributed by atoms with Crippen molar-refractivity contribution >= 4 is 11.7 Å². The van der Waals surface area contributed by atoms with Gasteiger partial charge in [0.15, 0.2) is 0 Å². The SMILES string of the molecule is CC(C)N1CC2CC2(c2ccc(-c3cnc(N)c(C(=O)NC4CCC(C)(O)CC4)c3)cc2)C1. The first-order valence-corrected chi connectivity index (χ1v) is 12.3. The molecule has 6 nitrogen and oxygen atoms in total. The molecule has 3 fully saturated rings. The van der Waals surface area contributed by atoms with Crippen LogP contribution in [0.4, 0.5) is 5.82 Å². The Bertz CT molecular complexity index is 1040. The summed E-state index contributed by atoms with van der Waals surface area (Å²) < 4.78 is 0. The van der Waals surface area contributed by atoms with Crippen molar-refractivity contribution in [1.29, 1.82) is 0 Å². The van der Waals surface area contributed by atoms with Crippen LogP contribution >= 0.6 is 0 Å². The molecule has 1 aromatic carbocycles. The average molecular weight is 449 g/mol. The van der Waals surface area contributed by atoms with Gasteiger partial charge in [0, 0.05) is 42.3 Å². The largest absolute Gasteiger partial charge is 0.390 e. The van der Waals surface area contributed by atoms with Gasteiger partial charge in [-0.2, -0.15) is 0 Å². The number of likely N-dealkylation sites (tertiary alicyclic amines) is 1. The van der Waals surface area contributed by atoms with Crippen LogP contribution in [0, 0.1) is 5.92 Å². The van der Waals surface area contributed by atoms with Gasteiger partial charge in [-0.3, -0.25) is 9.69 Å². The topological polar surface area (TPSA) is 91.5 Å². The molecule has 2 heterocycles. The van der Waals surface area contributed by atoms with Crippen LogP contribution in [-0.2, 0) is 5.41 Å². The molecule has 0 bridgehead atoms. The second-order valence-electron chi connectivity index (χ2n) is 11.1. The quantitative estimate of drug-likeness (QED) is 0.648. The van der Waals surface area contributed by atoms with Gasteiger partial charge in [0.1, 0.15) is 5.82 Å². The van der Waals surface area contributed by atoms with E-state index in [4.69, 9.17) is 5.73 Å². The molecule has 2 unspecified atom stereocenters. The first-order valence-electron chi connectivity index (χ1n) is 12.3. The third-order valence-corrected chi connectivity index (χ3v) is 8.26. The van der Waals surface area contributed by atoms with E-state index < -0.39 is 5.60 Å². The fourth-order valence-corrected chi connectivity index (χ4v) is 5.82. The fourth-order valence-electron chi connectivity index (χ4n) is 5.82. The van der Waals surface area contributed by atoms with Crippen LogP contribution in [-0.4, -0.2) is 51.7 Å². The Hall–Kier alpha value is -2.44. The summed E-state index contributed by atoms with van der Waals surface area (Å²) in [7, 11) is 0. The molecule has 6 heteroatoms. The Kier molecular flexibility index (Phi) is 5.49. The molecule has 33 heavy (non-hydrogen) atoms. The van der Waals surface area contributed by atoms with Gasteiger partial charge in [-0.15, -0.1) is 0 Å².